The Labute approximate surface area is 64.1 Å². The van der Waals surface area contributed by atoms with Crippen LogP contribution in [0.1, 0.15) is 6.42 Å². The Balaban J connectivity index is 2.57. The Morgan fingerprint density at radius 2 is 2.40 bits per heavy atom. The number of carbonyl (C=O) groups is 1. The van der Waals surface area contributed by atoms with E-state index < -0.39 is 0 Å². The molecule has 0 aromatic carbocycles. The summed E-state index contributed by atoms with van der Waals surface area (Å²) in [5.74, 6) is -0.299. The number of carbonyl (C=O) groups excluding carboxylic acids is 1. The van der Waals surface area contributed by atoms with Crippen molar-refractivity contribution in [2.45, 2.75) is 6.42 Å². The molecule has 0 bridgehead atoms. The van der Waals surface area contributed by atoms with Crippen molar-refractivity contribution in [3.8, 4) is 0 Å². The standard InChI is InChI=1S/C7H7ClO2/c1-10-7(9)5-2-3-6(8)4-5/h2-3H,4H2,1H3. The minimum absolute atomic E-state index is 0.299. The summed E-state index contributed by atoms with van der Waals surface area (Å²) in [6, 6.07) is 0. The van der Waals surface area contributed by atoms with Crippen molar-refractivity contribution in [2.24, 2.45) is 0 Å². The number of methoxy groups -OCH3 is 1. The molecule has 0 saturated heterocycles. The van der Waals surface area contributed by atoms with Gasteiger partial charge in [-0.3, -0.25) is 0 Å². The lowest BCUT2D eigenvalue weighted by Crippen LogP contribution is -2.02. The zero-order chi connectivity index (χ0) is 7.56. The number of hydrogen-bond donors (Lipinski definition) is 0. The molecule has 0 aromatic rings. The van der Waals surface area contributed by atoms with E-state index in [1.807, 2.05) is 0 Å². The molecule has 0 atom stereocenters. The Morgan fingerprint density at radius 1 is 1.70 bits per heavy atom. The summed E-state index contributed by atoms with van der Waals surface area (Å²) in [5.41, 5.74) is 0.618. The molecular weight excluding hydrogens is 152 g/mol. The fourth-order valence-electron chi connectivity index (χ4n) is 0.762. The van der Waals surface area contributed by atoms with Crippen LogP contribution in [-0.2, 0) is 9.53 Å². The van der Waals surface area contributed by atoms with E-state index in [1.165, 1.54) is 7.11 Å². The predicted molar refractivity (Wildman–Crippen MR) is 38.7 cm³/mol. The average Bonchev–Trinajstić information content (AvgIpc) is 2.34. The summed E-state index contributed by atoms with van der Waals surface area (Å²) in [6.07, 6.45) is 3.89. The van der Waals surface area contributed by atoms with Crippen molar-refractivity contribution in [1.29, 1.82) is 0 Å². The first-order chi connectivity index (χ1) is 4.74. The normalized spacial score (nSPS) is 16.2. The van der Waals surface area contributed by atoms with Gasteiger partial charge in [-0.15, -0.1) is 0 Å². The smallest absolute Gasteiger partial charge is 0.334 e. The number of hydrogen-bond acceptors (Lipinski definition) is 2. The lowest BCUT2D eigenvalue weighted by atomic mass is 10.2. The fourth-order valence-corrected chi connectivity index (χ4v) is 0.969. The van der Waals surface area contributed by atoms with Crippen molar-refractivity contribution in [3.05, 3.63) is 22.8 Å². The fraction of sp³-hybridized carbons (Fsp3) is 0.286. The van der Waals surface area contributed by atoms with Gasteiger partial charge in [0.25, 0.3) is 0 Å². The van der Waals surface area contributed by atoms with E-state index in [0.29, 0.717) is 17.0 Å². The lowest BCUT2D eigenvalue weighted by Gasteiger charge is -1.97. The number of ether oxygens (including phenoxy) is 1. The summed E-state index contributed by atoms with van der Waals surface area (Å²) in [6.45, 7) is 0. The molecule has 0 unspecified atom stereocenters. The van der Waals surface area contributed by atoms with Crippen LogP contribution < -0.4 is 0 Å². The van der Waals surface area contributed by atoms with E-state index in [2.05, 4.69) is 4.74 Å². The summed E-state index contributed by atoms with van der Waals surface area (Å²) in [5, 5.41) is 0.681. The molecular formula is C7H7ClO2. The molecule has 0 aromatic heterocycles. The molecule has 0 fully saturated rings. The molecule has 1 rings (SSSR count). The molecule has 0 saturated carbocycles. The van der Waals surface area contributed by atoms with Gasteiger partial charge in [-0.1, -0.05) is 17.7 Å². The highest BCUT2D eigenvalue weighted by Crippen LogP contribution is 2.22. The monoisotopic (exact) mass is 158 g/mol. The van der Waals surface area contributed by atoms with Crippen LogP contribution in [0.3, 0.4) is 0 Å². The first-order valence-corrected chi connectivity index (χ1v) is 3.25. The molecule has 1 aliphatic carbocycles. The molecule has 0 aliphatic heterocycles. The van der Waals surface area contributed by atoms with E-state index in [0.717, 1.165) is 0 Å². The van der Waals surface area contributed by atoms with Gasteiger partial charge < -0.3 is 4.74 Å². The first-order valence-electron chi connectivity index (χ1n) is 2.87. The van der Waals surface area contributed by atoms with E-state index in [1.54, 1.807) is 12.2 Å². The number of esters is 1. The van der Waals surface area contributed by atoms with Crippen LogP contribution in [0.15, 0.2) is 22.8 Å². The van der Waals surface area contributed by atoms with Gasteiger partial charge in [-0.2, -0.15) is 0 Å². The summed E-state index contributed by atoms with van der Waals surface area (Å²) in [7, 11) is 1.36. The van der Waals surface area contributed by atoms with Crippen LogP contribution in [0, 0.1) is 0 Å². The third-order valence-corrected chi connectivity index (χ3v) is 1.53. The molecule has 1 aliphatic rings. The first kappa shape index (κ1) is 7.35. The lowest BCUT2D eigenvalue weighted by molar-refractivity contribution is -0.136. The topological polar surface area (TPSA) is 26.3 Å². The third-order valence-electron chi connectivity index (χ3n) is 1.27. The van der Waals surface area contributed by atoms with Crippen LogP contribution >= 0.6 is 11.6 Å². The maximum atomic E-state index is 10.8. The second-order valence-electron chi connectivity index (χ2n) is 1.97. The Hall–Kier alpha value is -0.760. The van der Waals surface area contributed by atoms with E-state index in [4.69, 9.17) is 11.6 Å². The number of rotatable bonds is 1. The highest BCUT2D eigenvalue weighted by atomic mass is 35.5. The van der Waals surface area contributed by atoms with Crippen LogP contribution in [0.5, 0.6) is 0 Å². The second kappa shape index (κ2) is 2.88. The summed E-state index contributed by atoms with van der Waals surface area (Å²) in [4.78, 5) is 10.8. The molecule has 3 heteroatoms. The third kappa shape index (κ3) is 1.39. The van der Waals surface area contributed by atoms with Crippen molar-refractivity contribution in [3.63, 3.8) is 0 Å². The van der Waals surface area contributed by atoms with Gasteiger partial charge in [-0.25, -0.2) is 4.79 Å². The minimum atomic E-state index is -0.299. The maximum absolute atomic E-state index is 10.8. The molecule has 0 spiro atoms. The quantitative estimate of drug-likeness (QED) is 0.542. The van der Waals surface area contributed by atoms with E-state index in [9.17, 15) is 4.79 Å². The Bertz CT molecular complexity index is 216. The predicted octanol–water partition coefficient (Wildman–Crippen LogP) is 1.61. The average molecular weight is 159 g/mol. The van der Waals surface area contributed by atoms with Crippen LogP contribution in [-0.4, -0.2) is 13.1 Å². The second-order valence-corrected chi connectivity index (χ2v) is 2.46. The van der Waals surface area contributed by atoms with Crippen molar-refractivity contribution in [2.75, 3.05) is 7.11 Å². The molecule has 0 N–H and O–H groups in total. The highest BCUT2D eigenvalue weighted by Gasteiger charge is 2.13. The van der Waals surface area contributed by atoms with Crippen LogP contribution in [0.4, 0.5) is 0 Å². The van der Waals surface area contributed by atoms with Gasteiger partial charge in [0.1, 0.15) is 0 Å². The van der Waals surface area contributed by atoms with Gasteiger partial charge >= 0.3 is 5.97 Å². The van der Waals surface area contributed by atoms with Gasteiger partial charge in [0.05, 0.1) is 7.11 Å². The minimum Gasteiger partial charge on any atom is -0.466 e. The molecule has 0 amide bonds. The number of halogens is 1. The van der Waals surface area contributed by atoms with Crippen LogP contribution in [0.25, 0.3) is 0 Å². The molecule has 0 heterocycles. The molecule has 54 valence electrons. The zero-order valence-corrected chi connectivity index (χ0v) is 6.31. The molecule has 0 radical (unpaired) electrons. The van der Waals surface area contributed by atoms with Crippen molar-refractivity contribution >= 4 is 17.6 Å². The Kier molecular flexibility index (Phi) is 2.12. The van der Waals surface area contributed by atoms with Gasteiger partial charge in [0.2, 0.25) is 0 Å². The zero-order valence-electron chi connectivity index (χ0n) is 5.56. The van der Waals surface area contributed by atoms with Crippen LogP contribution in [0.2, 0.25) is 0 Å². The summed E-state index contributed by atoms with van der Waals surface area (Å²) < 4.78 is 4.48. The molecule has 10 heavy (non-hydrogen) atoms. The van der Waals surface area contributed by atoms with Crippen molar-refractivity contribution < 1.29 is 9.53 Å². The van der Waals surface area contributed by atoms with Gasteiger partial charge in [-0.05, 0) is 6.08 Å². The molecule has 2 nitrogen and oxygen atoms in total. The summed E-state index contributed by atoms with van der Waals surface area (Å²) >= 11 is 5.61. The van der Waals surface area contributed by atoms with E-state index in [-0.39, 0.29) is 5.97 Å². The maximum Gasteiger partial charge on any atom is 0.334 e. The highest BCUT2D eigenvalue weighted by molar-refractivity contribution is 6.30. The van der Waals surface area contributed by atoms with Gasteiger partial charge in [0.15, 0.2) is 0 Å². The van der Waals surface area contributed by atoms with Gasteiger partial charge in [0, 0.05) is 17.0 Å². The largest absolute Gasteiger partial charge is 0.466 e. The van der Waals surface area contributed by atoms with Crippen molar-refractivity contribution in [1.82, 2.24) is 0 Å². The van der Waals surface area contributed by atoms with E-state index >= 15 is 0 Å². The Morgan fingerprint density at radius 3 is 2.80 bits per heavy atom. The SMILES string of the molecule is COC(=O)C1=CC=C(Cl)C1. The number of allylic oxidation sites excluding steroid dienone is 3.